The van der Waals surface area contributed by atoms with E-state index in [0.29, 0.717) is 6.04 Å². The molecule has 1 N–H and O–H groups in total. The van der Waals surface area contributed by atoms with Gasteiger partial charge in [0, 0.05) is 18.3 Å². The molecule has 2 aromatic rings. The van der Waals surface area contributed by atoms with Crippen molar-refractivity contribution in [3.05, 3.63) is 28.4 Å². The molecule has 0 aliphatic carbocycles. The number of pyridine rings is 1. The van der Waals surface area contributed by atoms with E-state index < -0.39 is 0 Å². The van der Waals surface area contributed by atoms with Gasteiger partial charge in [-0.3, -0.25) is 4.79 Å². The molecule has 2 rings (SSSR count). The lowest BCUT2D eigenvalue weighted by molar-refractivity contribution is 0.600. The van der Waals surface area contributed by atoms with Crippen molar-refractivity contribution in [2.75, 3.05) is 0 Å². The van der Waals surface area contributed by atoms with Gasteiger partial charge in [-0.2, -0.15) is 0 Å². The molecule has 0 spiro atoms. The highest BCUT2D eigenvalue weighted by Gasteiger charge is 2.09. The number of fused-ring (bicyclic) bond motifs is 1. The van der Waals surface area contributed by atoms with Crippen molar-refractivity contribution in [3.63, 3.8) is 0 Å². The summed E-state index contributed by atoms with van der Waals surface area (Å²) < 4.78 is 2.06. The zero-order chi connectivity index (χ0) is 10.3. The molecule has 0 bridgehead atoms. The van der Waals surface area contributed by atoms with Gasteiger partial charge in [-0.15, -0.1) is 0 Å². The molecule has 2 heterocycles. The summed E-state index contributed by atoms with van der Waals surface area (Å²) >= 11 is 0. The van der Waals surface area contributed by atoms with Crippen molar-refractivity contribution >= 4 is 11.0 Å². The maximum Gasteiger partial charge on any atom is 0.250 e. The topological polar surface area (TPSA) is 50.7 Å². The van der Waals surface area contributed by atoms with Crippen molar-refractivity contribution in [2.24, 2.45) is 0 Å². The standard InChI is InChI=1S/C10H13N3O/c1-6(2)13-7(3)12-8-5-11-10(14)4-9(8)13/h4-6H,1-3H3,(H,11,14). The smallest absolute Gasteiger partial charge is 0.250 e. The minimum Gasteiger partial charge on any atom is -0.327 e. The molecular formula is C10H13N3O. The van der Waals surface area contributed by atoms with Crippen LogP contribution in [0.2, 0.25) is 0 Å². The highest BCUT2D eigenvalue weighted by Crippen LogP contribution is 2.17. The van der Waals surface area contributed by atoms with Crippen LogP contribution in [-0.2, 0) is 0 Å². The fourth-order valence-electron chi connectivity index (χ4n) is 1.79. The van der Waals surface area contributed by atoms with Crippen molar-refractivity contribution in [2.45, 2.75) is 26.8 Å². The number of aryl methyl sites for hydroxylation is 1. The summed E-state index contributed by atoms with van der Waals surface area (Å²) in [7, 11) is 0. The van der Waals surface area contributed by atoms with E-state index in [1.165, 1.54) is 0 Å². The number of aromatic nitrogens is 3. The van der Waals surface area contributed by atoms with Gasteiger partial charge in [-0.1, -0.05) is 0 Å². The predicted octanol–water partition coefficient (Wildman–Crippen LogP) is 1.61. The highest BCUT2D eigenvalue weighted by molar-refractivity contribution is 5.74. The SMILES string of the molecule is Cc1nc2c[nH]c(=O)cc2n1C(C)C. The summed E-state index contributed by atoms with van der Waals surface area (Å²) in [5.41, 5.74) is 1.66. The van der Waals surface area contributed by atoms with Gasteiger partial charge < -0.3 is 9.55 Å². The minimum atomic E-state index is -0.0840. The molecule has 0 fully saturated rings. The third-order valence-corrected chi connectivity index (χ3v) is 2.29. The number of rotatable bonds is 1. The Balaban J connectivity index is 2.86. The van der Waals surface area contributed by atoms with Crippen molar-refractivity contribution in [3.8, 4) is 0 Å². The van der Waals surface area contributed by atoms with Crippen LogP contribution in [-0.4, -0.2) is 14.5 Å². The molecular weight excluding hydrogens is 178 g/mol. The van der Waals surface area contributed by atoms with Crippen molar-refractivity contribution < 1.29 is 0 Å². The second-order valence-electron chi connectivity index (χ2n) is 3.69. The van der Waals surface area contributed by atoms with E-state index in [9.17, 15) is 4.79 Å². The summed E-state index contributed by atoms with van der Waals surface area (Å²) in [5.74, 6) is 0.939. The van der Waals surface area contributed by atoms with Gasteiger partial charge in [0.1, 0.15) is 11.3 Å². The molecule has 0 aliphatic rings. The first-order valence-electron chi connectivity index (χ1n) is 4.67. The van der Waals surface area contributed by atoms with E-state index >= 15 is 0 Å². The maximum atomic E-state index is 11.2. The minimum absolute atomic E-state index is 0.0840. The highest BCUT2D eigenvalue weighted by atomic mass is 16.1. The fraction of sp³-hybridized carbons (Fsp3) is 0.400. The van der Waals surface area contributed by atoms with Gasteiger partial charge in [0.25, 0.3) is 0 Å². The predicted molar refractivity (Wildman–Crippen MR) is 55.5 cm³/mol. The molecule has 0 amide bonds. The van der Waals surface area contributed by atoms with Gasteiger partial charge in [-0.05, 0) is 20.8 Å². The van der Waals surface area contributed by atoms with Crippen LogP contribution in [0.4, 0.5) is 0 Å². The van der Waals surface area contributed by atoms with E-state index in [1.807, 2.05) is 6.92 Å². The lowest BCUT2D eigenvalue weighted by Gasteiger charge is -2.09. The number of hydrogen-bond donors (Lipinski definition) is 1. The molecule has 0 saturated heterocycles. The van der Waals surface area contributed by atoms with Gasteiger partial charge in [-0.25, -0.2) is 4.98 Å². The summed E-state index contributed by atoms with van der Waals surface area (Å²) in [6.45, 7) is 6.11. The Bertz CT molecular complexity index is 522. The van der Waals surface area contributed by atoms with Crippen LogP contribution in [0, 0.1) is 6.92 Å². The largest absolute Gasteiger partial charge is 0.327 e. The normalized spacial score (nSPS) is 11.4. The average Bonchev–Trinajstić information content (AvgIpc) is 2.40. The van der Waals surface area contributed by atoms with Crippen LogP contribution in [0.15, 0.2) is 17.1 Å². The van der Waals surface area contributed by atoms with Gasteiger partial charge in [0.15, 0.2) is 0 Å². The Kier molecular flexibility index (Phi) is 1.91. The Morgan fingerprint density at radius 1 is 1.50 bits per heavy atom. The Morgan fingerprint density at radius 2 is 2.21 bits per heavy atom. The second-order valence-corrected chi connectivity index (χ2v) is 3.69. The third-order valence-electron chi connectivity index (χ3n) is 2.29. The number of nitrogens with one attached hydrogen (secondary N) is 1. The third kappa shape index (κ3) is 1.23. The zero-order valence-corrected chi connectivity index (χ0v) is 8.53. The van der Waals surface area contributed by atoms with E-state index in [2.05, 4.69) is 28.4 Å². The number of hydrogen-bond acceptors (Lipinski definition) is 2. The molecule has 0 aromatic carbocycles. The zero-order valence-electron chi connectivity index (χ0n) is 8.53. The van der Waals surface area contributed by atoms with E-state index in [4.69, 9.17) is 0 Å². The summed E-state index contributed by atoms with van der Waals surface area (Å²) in [6, 6.07) is 1.91. The molecule has 2 aromatic heterocycles. The molecule has 0 aliphatic heterocycles. The molecule has 0 saturated carbocycles. The lowest BCUT2D eigenvalue weighted by Crippen LogP contribution is -2.06. The quantitative estimate of drug-likeness (QED) is 0.744. The van der Waals surface area contributed by atoms with Gasteiger partial charge >= 0.3 is 0 Å². The van der Waals surface area contributed by atoms with Crippen LogP contribution in [0.3, 0.4) is 0 Å². The van der Waals surface area contributed by atoms with Crippen molar-refractivity contribution in [1.82, 2.24) is 14.5 Å². The van der Waals surface area contributed by atoms with Crippen LogP contribution in [0.1, 0.15) is 25.7 Å². The maximum absolute atomic E-state index is 11.2. The molecule has 0 unspecified atom stereocenters. The molecule has 4 heteroatoms. The number of H-pyrrole nitrogens is 1. The van der Waals surface area contributed by atoms with Crippen LogP contribution in [0.5, 0.6) is 0 Å². The molecule has 0 atom stereocenters. The number of nitrogens with zero attached hydrogens (tertiary/aromatic N) is 2. The first-order valence-corrected chi connectivity index (χ1v) is 4.67. The van der Waals surface area contributed by atoms with Crippen LogP contribution < -0.4 is 5.56 Å². The fourth-order valence-corrected chi connectivity index (χ4v) is 1.79. The monoisotopic (exact) mass is 191 g/mol. The summed E-state index contributed by atoms with van der Waals surface area (Å²) in [6.07, 6.45) is 1.66. The Morgan fingerprint density at radius 3 is 2.86 bits per heavy atom. The summed E-state index contributed by atoms with van der Waals surface area (Å²) in [5, 5.41) is 0. The first-order chi connectivity index (χ1) is 6.59. The lowest BCUT2D eigenvalue weighted by atomic mass is 10.3. The van der Waals surface area contributed by atoms with E-state index in [0.717, 1.165) is 16.9 Å². The van der Waals surface area contributed by atoms with Crippen LogP contribution in [0.25, 0.3) is 11.0 Å². The summed E-state index contributed by atoms with van der Waals surface area (Å²) in [4.78, 5) is 18.2. The number of imidazole rings is 1. The van der Waals surface area contributed by atoms with E-state index in [1.54, 1.807) is 12.3 Å². The Hall–Kier alpha value is -1.58. The van der Waals surface area contributed by atoms with Gasteiger partial charge in [0.05, 0.1) is 5.52 Å². The second kappa shape index (κ2) is 2.97. The molecule has 4 nitrogen and oxygen atoms in total. The number of aromatic amines is 1. The molecule has 74 valence electrons. The Labute approximate surface area is 81.6 Å². The first kappa shape index (κ1) is 8.99. The van der Waals surface area contributed by atoms with Gasteiger partial charge in [0.2, 0.25) is 5.56 Å². The molecule has 14 heavy (non-hydrogen) atoms. The average molecular weight is 191 g/mol. The molecule has 0 radical (unpaired) electrons. The van der Waals surface area contributed by atoms with Crippen molar-refractivity contribution in [1.29, 1.82) is 0 Å². The van der Waals surface area contributed by atoms with Crippen LogP contribution >= 0.6 is 0 Å². The van der Waals surface area contributed by atoms with E-state index in [-0.39, 0.29) is 5.56 Å².